The second kappa shape index (κ2) is 7.38. The third kappa shape index (κ3) is 3.74. The summed E-state index contributed by atoms with van der Waals surface area (Å²) in [4.78, 5) is 2.19. The van der Waals surface area contributed by atoms with Crippen molar-refractivity contribution in [3.05, 3.63) is 53.6 Å². The van der Waals surface area contributed by atoms with Gasteiger partial charge in [-0.3, -0.25) is 0 Å². The van der Waals surface area contributed by atoms with E-state index in [0.29, 0.717) is 38.2 Å². The number of fused-ring (bicyclic) bond motifs is 1. The zero-order chi connectivity index (χ0) is 18.9. The molecule has 144 valence electrons. The van der Waals surface area contributed by atoms with Crippen LogP contribution in [0, 0.1) is 0 Å². The van der Waals surface area contributed by atoms with Crippen LogP contribution in [0.2, 0.25) is 0 Å². The Morgan fingerprint density at radius 1 is 1.11 bits per heavy atom. The fourth-order valence-corrected chi connectivity index (χ4v) is 3.78. The Morgan fingerprint density at radius 2 is 1.89 bits per heavy atom. The first kappa shape index (κ1) is 18.1. The number of likely N-dealkylation sites (tertiary alicyclic amines) is 1. The van der Waals surface area contributed by atoms with Gasteiger partial charge in [0.15, 0.2) is 11.5 Å². The lowest BCUT2D eigenvalue weighted by Gasteiger charge is -2.39. The topological polar surface area (TPSA) is 71.4 Å². The van der Waals surface area contributed by atoms with E-state index in [1.807, 2.05) is 42.5 Å². The van der Waals surface area contributed by atoms with Gasteiger partial charge in [-0.2, -0.15) is 0 Å². The SMILES string of the molecule is COc1cccc(C(O)CN2CCC(O)(c3ccc4c(c3)OCO4)CC2)c1. The fraction of sp³-hybridized carbons (Fsp3) is 0.429. The van der Waals surface area contributed by atoms with Crippen LogP contribution in [0.5, 0.6) is 17.2 Å². The number of nitrogens with zero attached hydrogens (tertiary/aromatic N) is 1. The molecule has 0 spiro atoms. The van der Waals surface area contributed by atoms with E-state index in [-0.39, 0.29) is 6.79 Å². The summed E-state index contributed by atoms with van der Waals surface area (Å²) in [7, 11) is 1.62. The minimum Gasteiger partial charge on any atom is -0.497 e. The Hall–Kier alpha value is -2.28. The maximum Gasteiger partial charge on any atom is 0.231 e. The van der Waals surface area contributed by atoms with Crippen molar-refractivity contribution in [2.75, 3.05) is 33.5 Å². The van der Waals surface area contributed by atoms with Crippen LogP contribution in [0.15, 0.2) is 42.5 Å². The van der Waals surface area contributed by atoms with Gasteiger partial charge in [-0.15, -0.1) is 0 Å². The average Bonchev–Trinajstić information content (AvgIpc) is 3.18. The first-order valence-electron chi connectivity index (χ1n) is 9.24. The highest BCUT2D eigenvalue weighted by Crippen LogP contribution is 2.39. The molecule has 2 aromatic carbocycles. The molecular formula is C21H25NO5. The van der Waals surface area contributed by atoms with E-state index in [9.17, 15) is 10.2 Å². The molecule has 2 heterocycles. The highest BCUT2D eigenvalue weighted by Gasteiger charge is 2.35. The molecule has 2 aliphatic heterocycles. The molecule has 0 radical (unpaired) electrons. The summed E-state index contributed by atoms with van der Waals surface area (Å²) < 4.78 is 16.0. The maximum atomic E-state index is 11.1. The molecule has 1 saturated heterocycles. The van der Waals surface area contributed by atoms with E-state index in [0.717, 1.165) is 22.6 Å². The van der Waals surface area contributed by atoms with Crippen molar-refractivity contribution >= 4 is 0 Å². The summed E-state index contributed by atoms with van der Waals surface area (Å²) in [5, 5.41) is 21.7. The van der Waals surface area contributed by atoms with E-state index < -0.39 is 11.7 Å². The first-order valence-corrected chi connectivity index (χ1v) is 9.24. The number of hydrogen-bond acceptors (Lipinski definition) is 6. The quantitative estimate of drug-likeness (QED) is 0.841. The molecule has 1 fully saturated rings. The number of hydrogen-bond donors (Lipinski definition) is 2. The highest BCUT2D eigenvalue weighted by atomic mass is 16.7. The van der Waals surface area contributed by atoms with Crippen molar-refractivity contribution in [3.8, 4) is 17.2 Å². The zero-order valence-electron chi connectivity index (χ0n) is 15.4. The van der Waals surface area contributed by atoms with Crippen molar-refractivity contribution in [1.82, 2.24) is 4.90 Å². The summed E-state index contributed by atoms with van der Waals surface area (Å²) in [6.07, 6.45) is 0.631. The molecule has 1 unspecified atom stereocenters. The van der Waals surface area contributed by atoms with Gasteiger partial charge in [0.1, 0.15) is 5.75 Å². The molecule has 0 aliphatic carbocycles. The standard InChI is InChI=1S/C21H25NO5/c1-25-17-4-2-3-15(11-17)18(23)13-22-9-7-21(24,8-10-22)16-5-6-19-20(12-16)27-14-26-19/h2-6,11-12,18,23-24H,7-10,13-14H2,1H3. The van der Waals surface area contributed by atoms with E-state index in [4.69, 9.17) is 14.2 Å². The van der Waals surface area contributed by atoms with Crippen molar-refractivity contribution in [3.63, 3.8) is 0 Å². The zero-order valence-corrected chi connectivity index (χ0v) is 15.4. The maximum absolute atomic E-state index is 11.1. The average molecular weight is 371 g/mol. The Balaban J connectivity index is 1.38. The number of benzene rings is 2. The van der Waals surface area contributed by atoms with Crippen LogP contribution in [0.1, 0.15) is 30.1 Å². The molecule has 0 aromatic heterocycles. The molecule has 0 amide bonds. The molecular weight excluding hydrogens is 346 g/mol. The van der Waals surface area contributed by atoms with Crippen LogP contribution in [0.4, 0.5) is 0 Å². The Bertz CT molecular complexity index is 801. The van der Waals surface area contributed by atoms with Gasteiger partial charge in [-0.25, -0.2) is 0 Å². The van der Waals surface area contributed by atoms with Crippen molar-refractivity contribution < 1.29 is 24.4 Å². The molecule has 27 heavy (non-hydrogen) atoms. The van der Waals surface area contributed by atoms with Crippen LogP contribution in [-0.4, -0.2) is 48.6 Å². The molecule has 1 atom stereocenters. The molecule has 6 heteroatoms. The normalized spacial score (nSPS) is 19.7. The largest absolute Gasteiger partial charge is 0.497 e. The molecule has 2 aliphatic rings. The minimum absolute atomic E-state index is 0.229. The monoisotopic (exact) mass is 371 g/mol. The fourth-order valence-electron chi connectivity index (χ4n) is 3.78. The van der Waals surface area contributed by atoms with Gasteiger partial charge in [-0.1, -0.05) is 18.2 Å². The number of aliphatic hydroxyl groups excluding tert-OH is 1. The van der Waals surface area contributed by atoms with Gasteiger partial charge >= 0.3 is 0 Å². The third-order valence-corrected chi connectivity index (χ3v) is 5.50. The molecule has 2 aromatic rings. The van der Waals surface area contributed by atoms with Gasteiger partial charge in [0.25, 0.3) is 0 Å². The second-order valence-electron chi connectivity index (χ2n) is 7.19. The Kier molecular flexibility index (Phi) is 4.95. The summed E-state index contributed by atoms with van der Waals surface area (Å²) in [6.45, 7) is 2.19. The first-order chi connectivity index (χ1) is 13.1. The number of methoxy groups -OCH3 is 1. The Labute approximate surface area is 158 Å². The van der Waals surface area contributed by atoms with Gasteiger partial charge < -0.3 is 29.3 Å². The lowest BCUT2D eigenvalue weighted by Crippen LogP contribution is -2.43. The number of aliphatic hydroxyl groups is 2. The third-order valence-electron chi connectivity index (χ3n) is 5.50. The summed E-state index contributed by atoms with van der Waals surface area (Å²) >= 11 is 0. The Morgan fingerprint density at radius 3 is 2.67 bits per heavy atom. The van der Waals surface area contributed by atoms with Crippen LogP contribution in [0.25, 0.3) is 0 Å². The van der Waals surface area contributed by atoms with Crippen LogP contribution in [-0.2, 0) is 5.60 Å². The van der Waals surface area contributed by atoms with Crippen molar-refractivity contribution in [1.29, 1.82) is 0 Å². The van der Waals surface area contributed by atoms with Gasteiger partial charge in [0, 0.05) is 19.6 Å². The lowest BCUT2D eigenvalue weighted by molar-refractivity contribution is -0.0345. The lowest BCUT2D eigenvalue weighted by atomic mass is 9.84. The molecule has 4 rings (SSSR count). The van der Waals surface area contributed by atoms with E-state index >= 15 is 0 Å². The minimum atomic E-state index is -0.877. The summed E-state index contributed by atoms with van der Waals surface area (Å²) in [5.41, 5.74) is 0.823. The number of rotatable bonds is 5. The number of ether oxygens (including phenoxy) is 3. The smallest absolute Gasteiger partial charge is 0.231 e. The van der Waals surface area contributed by atoms with Gasteiger partial charge in [-0.05, 0) is 48.2 Å². The molecule has 0 bridgehead atoms. The van der Waals surface area contributed by atoms with Crippen molar-refractivity contribution in [2.24, 2.45) is 0 Å². The van der Waals surface area contributed by atoms with E-state index in [1.54, 1.807) is 7.11 Å². The molecule has 6 nitrogen and oxygen atoms in total. The van der Waals surface area contributed by atoms with Gasteiger partial charge in [0.2, 0.25) is 6.79 Å². The number of piperidine rings is 1. The van der Waals surface area contributed by atoms with Crippen LogP contribution < -0.4 is 14.2 Å². The van der Waals surface area contributed by atoms with Crippen LogP contribution in [0.3, 0.4) is 0 Å². The van der Waals surface area contributed by atoms with E-state index in [1.165, 1.54) is 0 Å². The van der Waals surface area contributed by atoms with Crippen LogP contribution >= 0.6 is 0 Å². The summed E-state index contributed by atoms with van der Waals surface area (Å²) in [6, 6.07) is 13.2. The van der Waals surface area contributed by atoms with Crippen molar-refractivity contribution in [2.45, 2.75) is 24.5 Å². The number of β-amino-alcohol motifs (C(OH)–C–C–N with tert-alkyl or cyclic N) is 1. The molecule has 2 N–H and O–H groups in total. The molecule has 0 saturated carbocycles. The predicted octanol–water partition coefficient (Wildman–Crippen LogP) is 2.44. The second-order valence-corrected chi connectivity index (χ2v) is 7.19. The van der Waals surface area contributed by atoms with Gasteiger partial charge in [0.05, 0.1) is 18.8 Å². The van der Waals surface area contributed by atoms with E-state index in [2.05, 4.69) is 4.90 Å². The highest BCUT2D eigenvalue weighted by molar-refractivity contribution is 5.46. The summed E-state index contributed by atoms with van der Waals surface area (Å²) in [5.74, 6) is 2.15. The predicted molar refractivity (Wildman–Crippen MR) is 100 cm³/mol.